The molecule has 0 saturated heterocycles. The largest absolute Gasteiger partial charge is 0.417 e. The molecule has 1 heterocycles. The quantitative estimate of drug-likeness (QED) is 0.738. The molecule has 0 spiro atoms. The van der Waals surface area contributed by atoms with Gasteiger partial charge in [-0.1, -0.05) is 19.9 Å². The van der Waals surface area contributed by atoms with Gasteiger partial charge in [0.2, 0.25) is 0 Å². The first-order valence-electron chi connectivity index (χ1n) is 6.53. The first kappa shape index (κ1) is 13.8. The van der Waals surface area contributed by atoms with Crippen molar-refractivity contribution in [3.05, 3.63) is 34.3 Å². The van der Waals surface area contributed by atoms with Gasteiger partial charge in [-0.3, -0.25) is 4.98 Å². The molecular weight excluding hydrogens is 244 g/mol. The van der Waals surface area contributed by atoms with Crippen molar-refractivity contribution >= 4 is 11.1 Å². The first-order valence-corrected chi connectivity index (χ1v) is 6.53. The Balaban J connectivity index is 1.96. The van der Waals surface area contributed by atoms with Crippen LogP contribution < -0.4 is 11.1 Å². The van der Waals surface area contributed by atoms with E-state index in [1.54, 1.807) is 6.07 Å². The minimum Gasteiger partial charge on any atom is -0.408 e. The van der Waals surface area contributed by atoms with E-state index in [4.69, 9.17) is 4.42 Å². The number of fused-ring (bicyclic) bond motifs is 1. The molecule has 104 valence electrons. The molecular formula is C14H20N2O3. The molecule has 2 aromatic rings. The van der Waals surface area contributed by atoms with Crippen LogP contribution in [-0.2, 0) is 6.54 Å². The molecule has 2 rings (SSSR count). The summed E-state index contributed by atoms with van der Waals surface area (Å²) in [5.41, 5.74) is 2.36. The van der Waals surface area contributed by atoms with Crippen molar-refractivity contribution in [2.24, 2.45) is 11.8 Å². The third-order valence-electron chi connectivity index (χ3n) is 3.40. The average molecular weight is 264 g/mol. The van der Waals surface area contributed by atoms with Crippen molar-refractivity contribution in [2.75, 3.05) is 13.2 Å². The van der Waals surface area contributed by atoms with Crippen LogP contribution in [-0.4, -0.2) is 23.2 Å². The van der Waals surface area contributed by atoms with Crippen molar-refractivity contribution < 1.29 is 9.52 Å². The number of oxazole rings is 1. The van der Waals surface area contributed by atoms with Gasteiger partial charge in [-0.15, -0.1) is 0 Å². The van der Waals surface area contributed by atoms with E-state index in [0.29, 0.717) is 23.6 Å². The number of benzene rings is 1. The van der Waals surface area contributed by atoms with Crippen molar-refractivity contribution in [1.82, 2.24) is 10.3 Å². The van der Waals surface area contributed by atoms with Crippen LogP contribution in [0.25, 0.3) is 11.1 Å². The molecule has 0 radical (unpaired) electrons. The van der Waals surface area contributed by atoms with Gasteiger partial charge in [-0.2, -0.15) is 0 Å². The average Bonchev–Trinajstić information content (AvgIpc) is 2.73. The molecule has 1 atom stereocenters. The van der Waals surface area contributed by atoms with Crippen LogP contribution in [0.5, 0.6) is 0 Å². The zero-order valence-corrected chi connectivity index (χ0v) is 11.3. The summed E-state index contributed by atoms with van der Waals surface area (Å²) in [6, 6.07) is 5.61. The Bertz CT molecular complexity index is 586. The van der Waals surface area contributed by atoms with Crippen molar-refractivity contribution in [2.45, 2.75) is 20.4 Å². The van der Waals surface area contributed by atoms with Gasteiger partial charge in [-0.05, 0) is 29.5 Å². The summed E-state index contributed by atoms with van der Waals surface area (Å²) >= 11 is 0. The second-order valence-electron chi connectivity index (χ2n) is 5.16. The highest BCUT2D eigenvalue weighted by Gasteiger charge is 2.11. The zero-order valence-electron chi connectivity index (χ0n) is 11.3. The Hall–Kier alpha value is -1.59. The summed E-state index contributed by atoms with van der Waals surface area (Å²) < 4.78 is 4.95. The van der Waals surface area contributed by atoms with E-state index in [1.807, 2.05) is 12.1 Å². The SMILES string of the molecule is CC(C)C(CO)CNCc1ccc2oc(=O)[nH]c2c1. The summed E-state index contributed by atoms with van der Waals surface area (Å²) in [5, 5.41) is 12.6. The highest BCUT2D eigenvalue weighted by atomic mass is 16.4. The summed E-state index contributed by atoms with van der Waals surface area (Å²) in [6.45, 7) is 5.87. The first-order chi connectivity index (χ1) is 9.10. The smallest absolute Gasteiger partial charge is 0.408 e. The van der Waals surface area contributed by atoms with E-state index in [2.05, 4.69) is 24.1 Å². The maximum Gasteiger partial charge on any atom is 0.417 e. The summed E-state index contributed by atoms with van der Waals surface area (Å²) in [4.78, 5) is 13.7. The summed E-state index contributed by atoms with van der Waals surface area (Å²) in [6.07, 6.45) is 0. The Morgan fingerprint density at radius 2 is 2.21 bits per heavy atom. The maximum absolute atomic E-state index is 11.1. The third-order valence-corrected chi connectivity index (χ3v) is 3.40. The Morgan fingerprint density at radius 3 is 2.89 bits per heavy atom. The lowest BCUT2D eigenvalue weighted by atomic mass is 9.97. The number of aliphatic hydroxyl groups is 1. The molecule has 1 unspecified atom stereocenters. The van der Waals surface area contributed by atoms with Crippen molar-refractivity contribution in [1.29, 1.82) is 0 Å². The Labute approximate surface area is 111 Å². The number of H-pyrrole nitrogens is 1. The fourth-order valence-corrected chi connectivity index (χ4v) is 2.02. The van der Waals surface area contributed by atoms with Gasteiger partial charge in [0, 0.05) is 19.7 Å². The van der Waals surface area contributed by atoms with Gasteiger partial charge >= 0.3 is 5.76 Å². The topological polar surface area (TPSA) is 78.3 Å². The van der Waals surface area contributed by atoms with Crippen LogP contribution in [0.4, 0.5) is 0 Å². The predicted octanol–water partition coefficient (Wildman–Crippen LogP) is 1.48. The normalized spacial score (nSPS) is 13.3. The van der Waals surface area contributed by atoms with Gasteiger partial charge in [0.05, 0.1) is 5.52 Å². The Kier molecular flexibility index (Phi) is 4.39. The van der Waals surface area contributed by atoms with Gasteiger partial charge in [0.25, 0.3) is 0 Å². The summed E-state index contributed by atoms with van der Waals surface area (Å²) in [7, 11) is 0. The van der Waals surface area contributed by atoms with Gasteiger partial charge in [0.15, 0.2) is 5.58 Å². The molecule has 19 heavy (non-hydrogen) atoms. The van der Waals surface area contributed by atoms with E-state index >= 15 is 0 Å². The van der Waals surface area contributed by atoms with Gasteiger partial charge < -0.3 is 14.8 Å². The van der Waals surface area contributed by atoms with Crippen LogP contribution in [0.15, 0.2) is 27.4 Å². The number of hydrogen-bond acceptors (Lipinski definition) is 4. The molecule has 0 fully saturated rings. The van der Waals surface area contributed by atoms with Gasteiger partial charge in [0.1, 0.15) is 0 Å². The lowest BCUT2D eigenvalue weighted by Crippen LogP contribution is -2.28. The van der Waals surface area contributed by atoms with Crippen LogP contribution in [0, 0.1) is 11.8 Å². The van der Waals surface area contributed by atoms with Crippen molar-refractivity contribution in [3.8, 4) is 0 Å². The number of hydrogen-bond donors (Lipinski definition) is 3. The molecule has 0 bridgehead atoms. The van der Waals surface area contributed by atoms with Crippen LogP contribution in [0.1, 0.15) is 19.4 Å². The van der Waals surface area contributed by atoms with E-state index in [-0.39, 0.29) is 12.5 Å². The van der Waals surface area contributed by atoms with Crippen LogP contribution in [0.2, 0.25) is 0 Å². The third kappa shape index (κ3) is 3.45. The summed E-state index contributed by atoms with van der Waals surface area (Å²) in [5.74, 6) is 0.280. The number of aromatic nitrogens is 1. The lowest BCUT2D eigenvalue weighted by molar-refractivity contribution is 0.186. The van der Waals surface area contributed by atoms with Crippen LogP contribution >= 0.6 is 0 Å². The molecule has 1 aromatic heterocycles. The minimum atomic E-state index is -0.430. The standard InChI is InChI=1S/C14H20N2O3/c1-9(2)11(8-17)7-15-6-10-3-4-13-12(5-10)16-14(18)19-13/h3-5,9,11,15,17H,6-8H2,1-2H3,(H,16,18). The molecule has 5 heteroatoms. The highest BCUT2D eigenvalue weighted by molar-refractivity contribution is 5.72. The minimum absolute atomic E-state index is 0.193. The number of nitrogens with one attached hydrogen (secondary N) is 2. The molecule has 0 aliphatic rings. The fraction of sp³-hybridized carbons (Fsp3) is 0.500. The lowest BCUT2D eigenvalue weighted by Gasteiger charge is -2.18. The molecule has 0 amide bonds. The zero-order chi connectivity index (χ0) is 13.8. The van der Waals surface area contributed by atoms with Crippen LogP contribution in [0.3, 0.4) is 0 Å². The molecule has 3 N–H and O–H groups in total. The number of aromatic amines is 1. The van der Waals surface area contributed by atoms with E-state index in [9.17, 15) is 9.90 Å². The molecule has 0 aliphatic carbocycles. The highest BCUT2D eigenvalue weighted by Crippen LogP contribution is 2.13. The Morgan fingerprint density at radius 1 is 1.42 bits per heavy atom. The van der Waals surface area contributed by atoms with E-state index < -0.39 is 5.76 Å². The van der Waals surface area contributed by atoms with Crippen molar-refractivity contribution in [3.63, 3.8) is 0 Å². The van der Waals surface area contributed by atoms with E-state index in [1.165, 1.54) is 0 Å². The van der Waals surface area contributed by atoms with E-state index in [0.717, 1.165) is 12.1 Å². The number of rotatable bonds is 6. The predicted molar refractivity (Wildman–Crippen MR) is 74.0 cm³/mol. The van der Waals surface area contributed by atoms with Gasteiger partial charge in [-0.25, -0.2) is 4.79 Å². The molecule has 5 nitrogen and oxygen atoms in total. The molecule has 1 aromatic carbocycles. The number of aliphatic hydroxyl groups excluding tert-OH is 1. The fourth-order valence-electron chi connectivity index (χ4n) is 2.02. The maximum atomic E-state index is 11.1. The second kappa shape index (κ2) is 6.04. The second-order valence-corrected chi connectivity index (χ2v) is 5.16. The molecule has 0 aliphatic heterocycles. The molecule has 0 saturated carbocycles. The monoisotopic (exact) mass is 264 g/mol.